The Morgan fingerprint density at radius 3 is 0.627 bits per heavy atom. The predicted octanol–water partition coefficient (Wildman–Crippen LogP) is 24.3. The number of hydrogen-bond donors (Lipinski definition) is 0. The van der Waals surface area contributed by atoms with Crippen LogP contribution in [0.4, 0.5) is 0 Å². The van der Waals surface area contributed by atoms with Crippen LogP contribution in [0.3, 0.4) is 0 Å². The summed E-state index contributed by atoms with van der Waals surface area (Å²) in [5, 5.41) is 8.48. The van der Waals surface area contributed by atoms with E-state index in [9.17, 15) is 0 Å². The van der Waals surface area contributed by atoms with Crippen molar-refractivity contribution in [1.82, 2.24) is 0 Å². The normalized spacial score (nSPS) is 14.1. The van der Waals surface area contributed by atoms with Crippen molar-refractivity contribution in [3.63, 3.8) is 0 Å². The molecule has 3 aromatic carbocycles. The van der Waals surface area contributed by atoms with E-state index >= 15 is 0 Å². The van der Waals surface area contributed by atoms with Crippen LogP contribution < -0.4 is 0 Å². The molecule has 16 rings (SSSR count). The number of thioether (sulfide) groups is 3. The van der Waals surface area contributed by atoms with Crippen molar-refractivity contribution in [2.75, 3.05) is 0 Å². The Bertz CT molecular complexity index is 4490. The predicted molar refractivity (Wildman–Crippen MR) is 356 cm³/mol. The molecule has 12 heteroatoms. The van der Waals surface area contributed by atoms with Gasteiger partial charge in [0, 0.05) is 151 Å². The Morgan fingerprint density at radius 2 is 0.387 bits per heavy atom. The zero-order valence-electron chi connectivity index (χ0n) is 40.8. The maximum Gasteiger partial charge on any atom is 0.0449 e. The van der Waals surface area contributed by atoms with E-state index in [0.29, 0.717) is 0 Å². The smallest absolute Gasteiger partial charge is 0.0449 e. The quantitative estimate of drug-likeness (QED) is 0.149. The molecule has 0 saturated carbocycles. The van der Waals surface area contributed by atoms with Gasteiger partial charge in [0.2, 0.25) is 0 Å². The average molecular weight is 1180 g/mol. The number of hydrogen-bond acceptors (Lipinski definition) is 12. The maximum atomic E-state index is 2.50. The Hall–Kier alpha value is -3.99. The van der Waals surface area contributed by atoms with Crippen LogP contribution in [0, 0.1) is 20.8 Å². The molecule has 10 aromatic heterocycles. The molecule has 18 bridgehead atoms. The third kappa shape index (κ3) is 7.86. The molecule has 366 valence electrons. The van der Waals surface area contributed by atoms with E-state index in [4.69, 9.17) is 0 Å². The minimum atomic E-state index is 1.07. The number of rotatable bonds is 0. The third-order valence-electron chi connectivity index (χ3n) is 15.2. The van der Waals surface area contributed by atoms with E-state index in [2.05, 4.69) is 183 Å². The fraction of sp³-hybridized carbons (Fsp3) is 0.143. The minimum absolute atomic E-state index is 1.07. The van der Waals surface area contributed by atoms with Crippen LogP contribution >= 0.6 is 137 Å². The van der Waals surface area contributed by atoms with Crippen molar-refractivity contribution >= 4 is 254 Å². The lowest BCUT2D eigenvalue weighted by molar-refractivity contribution is 1.31. The van der Waals surface area contributed by atoms with Crippen LogP contribution in [0.25, 0.3) is 117 Å². The molecular formula is C63H42S12. The molecule has 0 unspecified atom stereocenters. The van der Waals surface area contributed by atoms with Crippen molar-refractivity contribution < 1.29 is 0 Å². The molecule has 0 N–H and O–H groups in total. The highest BCUT2D eigenvalue weighted by molar-refractivity contribution is 7.98. The lowest BCUT2D eigenvalue weighted by atomic mass is 9.98. The van der Waals surface area contributed by atoms with E-state index in [1.807, 2.05) is 102 Å². The number of thiophene rings is 9. The van der Waals surface area contributed by atoms with Gasteiger partial charge in [-0.05, 0) is 198 Å². The molecule has 0 atom stereocenters. The Kier molecular flexibility index (Phi) is 11.6. The summed E-state index contributed by atoms with van der Waals surface area (Å²) in [6, 6.07) is 50.4. The highest BCUT2D eigenvalue weighted by atomic mass is 32.2. The van der Waals surface area contributed by atoms with Gasteiger partial charge < -0.3 is 0 Å². The number of aryl methyl sites for hydroxylation is 3. The summed E-state index contributed by atoms with van der Waals surface area (Å²) in [5.41, 5.74) is 13.5. The van der Waals surface area contributed by atoms with E-state index < -0.39 is 0 Å². The van der Waals surface area contributed by atoms with E-state index in [1.165, 1.54) is 167 Å². The molecule has 3 aliphatic heterocycles. The second kappa shape index (κ2) is 18.6. The first-order chi connectivity index (χ1) is 36.8. The molecule has 0 aliphatic carbocycles. The van der Waals surface area contributed by atoms with E-state index in [1.54, 1.807) is 0 Å². The van der Waals surface area contributed by atoms with Crippen molar-refractivity contribution in [3.8, 4) is 0 Å². The highest BCUT2D eigenvalue weighted by Gasteiger charge is 2.22. The number of benzene rings is 3. The van der Waals surface area contributed by atoms with Crippen LogP contribution in [-0.4, -0.2) is 0 Å². The molecule has 13 aromatic rings. The van der Waals surface area contributed by atoms with Crippen LogP contribution in [0.5, 0.6) is 0 Å². The summed E-state index contributed by atoms with van der Waals surface area (Å²) in [7, 11) is 0. The van der Waals surface area contributed by atoms with Gasteiger partial charge in [-0.1, -0.05) is 0 Å². The zero-order chi connectivity index (χ0) is 49.6. The molecule has 0 amide bonds. The summed E-state index contributed by atoms with van der Waals surface area (Å²) < 4.78 is 24.4. The van der Waals surface area contributed by atoms with Gasteiger partial charge in [0.15, 0.2) is 0 Å². The standard InChI is InChI=1S/C63H42S12/c1-31-22-34-43-4-7-46(67-43)49-10-13-53(70-49)56-17-20-59(74-56)62-36(24-33(3)38-26-65-29-41(38)62)45-6-9-48(69-45)51-12-15-54(72-51)57-18-21-60(75-57)63-35(23-32(2)39-27-66-30-42(39)63)44-5-8-47(68-44)50-11-14-52(71-50)55-16-19-58(73-55)61(34)40-28-64-25-37(31)40/h4-24H,25-30H2,1-3H3. The van der Waals surface area contributed by atoms with Crippen LogP contribution in [-0.2, 0) is 34.5 Å². The lowest BCUT2D eigenvalue weighted by Crippen LogP contribution is -1.89. The molecule has 0 spiro atoms. The van der Waals surface area contributed by atoms with Gasteiger partial charge in [0.1, 0.15) is 0 Å². The van der Waals surface area contributed by atoms with Gasteiger partial charge in [0.05, 0.1) is 0 Å². The monoisotopic (exact) mass is 1180 g/mol. The maximum absolute atomic E-state index is 2.50. The van der Waals surface area contributed by atoms with Crippen LogP contribution in [0.15, 0.2) is 127 Å². The summed E-state index contributed by atoms with van der Waals surface area (Å²) >= 11 is 23.8. The first-order valence-electron chi connectivity index (χ1n) is 25.0. The fourth-order valence-electron chi connectivity index (χ4n) is 11.5. The SMILES string of the molecule is Cc1cc2c3ccc(s3)c3ccc(s3)c3ccc(s3)c3c4c(c(C)cc3c3ccc(s3)c3ccc(s3)c3ccc(s3)c3c5c(c(C)cc3c3ccc(s3)c3ccc(s3)c3ccc(s3)c2c2c1CSC2)CSC5)CSC4. The molecule has 0 saturated heterocycles. The van der Waals surface area contributed by atoms with Gasteiger partial charge >= 0.3 is 0 Å². The summed E-state index contributed by atoms with van der Waals surface area (Å²) in [6.45, 7) is 7.00. The molecule has 0 nitrogen and oxygen atoms in total. The first-order valence-corrected chi connectivity index (χ1v) is 35.8. The zero-order valence-corrected chi connectivity index (χ0v) is 50.6. The molecule has 3 aliphatic rings. The number of fused-ring (bicyclic) bond motifs is 39. The topological polar surface area (TPSA) is 0 Å². The van der Waals surface area contributed by atoms with Gasteiger partial charge in [0.25, 0.3) is 0 Å². The van der Waals surface area contributed by atoms with Crippen molar-refractivity contribution in [3.05, 3.63) is 177 Å². The Labute approximate surface area is 481 Å². The Balaban J connectivity index is 0.982. The molecule has 13 heterocycles. The van der Waals surface area contributed by atoms with E-state index in [0.717, 1.165) is 34.5 Å². The largest absolute Gasteiger partial charge is 0.152 e. The molecule has 75 heavy (non-hydrogen) atoms. The van der Waals surface area contributed by atoms with Gasteiger partial charge in [-0.15, -0.1) is 102 Å². The second-order valence-electron chi connectivity index (χ2n) is 19.7. The summed E-state index contributed by atoms with van der Waals surface area (Å²) in [5.74, 6) is 6.50. The molecular weight excluding hydrogens is 1140 g/mol. The summed E-state index contributed by atoms with van der Waals surface area (Å²) in [6.07, 6.45) is 0. The van der Waals surface area contributed by atoms with Gasteiger partial charge in [-0.25, -0.2) is 0 Å². The summed E-state index contributed by atoms with van der Waals surface area (Å²) in [4.78, 5) is 0. The molecule has 0 radical (unpaired) electrons. The van der Waals surface area contributed by atoms with E-state index in [-0.39, 0.29) is 0 Å². The fourth-order valence-corrected chi connectivity index (χ4v) is 25.1. The van der Waals surface area contributed by atoms with Gasteiger partial charge in [-0.2, -0.15) is 35.3 Å². The average Bonchev–Trinajstić information content (AvgIpc) is 4.23. The lowest BCUT2D eigenvalue weighted by Gasteiger charge is -2.08. The minimum Gasteiger partial charge on any atom is -0.152 e. The first kappa shape index (κ1) is 47.0. The van der Waals surface area contributed by atoms with Crippen molar-refractivity contribution in [1.29, 1.82) is 0 Å². The third-order valence-corrected chi connectivity index (χ3v) is 29.3. The van der Waals surface area contributed by atoms with Crippen molar-refractivity contribution in [2.45, 2.75) is 55.3 Å². The Morgan fingerprint density at radius 1 is 0.213 bits per heavy atom. The van der Waals surface area contributed by atoms with Crippen molar-refractivity contribution in [2.24, 2.45) is 0 Å². The molecule has 0 fully saturated rings. The van der Waals surface area contributed by atoms with Crippen LogP contribution in [0.1, 0.15) is 50.1 Å². The highest BCUT2D eigenvalue weighted by Crippen LogP contribution is 2.48. The van der Waals surface area contributed by atoms with Crippen LogP contribution in [0.2, 0.25) is 0 Å². The second-order valence-corrected chi connectivity index (χ2v) is 32.4. The van der Waals surface area contributed by atoms with Gasteiger partial charge in [-0.3, -0.25) is 0 Å².